The highest BCUT2D eigenvalue weighted by Gasteiger charge is 2.28. The second-order valence-corrected chi connectivity index (χ2v) is 5.65. The van der Waals surface area contributed by atoms with Crippen molar-refractivity contribution in [3.05, 3.63) is 24.5 Å². The first kappa shape index (κ1) is 15.4. The summed E-state index contributed by atoms with van der Waals surface area (Å²) in [6, 6.07) is 3.76. The highest BCUT2D eigenvalue weighted by atomic mass is 16.3. The normalized spacial score (nSPS) is 22.2. The molecule has 1 saturated heterocycles. The van der Waals surface area contributed by atoms with E-state index in [0.29, 0.717) is 31.8 Å². The number of nitrogens with zero attached hydrogens (tertiary/aromatic N) is 4. The zero-order valence-corrected chi connectivity index (χ0v) is 12.7. The van der Waals surface area contributed by atoms with Crippen molar-refractivity contribution in [3.63, 3.8) is 0 Å². The SMILES string of the molecule is O=C1CCC(C(=O)N2CCN(c3ccncc3)C[C@@H](O)C2)=NN1. The number of hydrogen-bond donors (Lipinski definition) is 2. The molecule has 0 aliphatic carbocycles. The highest BCUT2D eigenvalue weighted by Crippen LogP contribution is 2.16. The van der Waals surface area contributed by atoms with Gasteiger partial charge in [0.05, 0.1) is 6.10 Å². The van der Waals surface area contributed by atoms with Gasteiger partial charge in [-0.2, -0.15) is 5.10 Å². The lowest BCUT2D eigenvalue weighted by Gasteiger charge is -2.24. The van der Waals surface area contributed by atoms with Gasteiger partial charge in [0.15, 0.2) is 0 Å². The van der Waals surface area contributed by atoms with Gasteiger partial charge in [0.1, 0.15) is 5.71 Å². The van der Waals surface area contributed by atoms with Gasteiger partial charge in [0, 0.05) is 57.1 Å². The lowest BCUT2D eigenvalue weighted by molar-refractivity contribution is -0.125. The molecule has 1 atom stereocenters. The Bertz CT molecular complexity index is 619. The summed E-state index contributed by atoms with van der Waals surface area (Å²) in [5.74, 6) is -0.401. The number of pyridine rings is 1. The maximum atomic E-state index is 12.5. The first-order chi connectivity index (χ1) is 11.1. The molecule has 23 heavy (non-hydrogen) atoms. The summed E-state index contributed by atoms with van der Waals surface area (Å²) < 4.78 is 0. The van der Waals surface area contributed by atoms with Crippen molar-refractivity contribution in [3.8, 4) is 0 Å². The zero-order chi connectivity index (χ0) is 16.2. The number of carbonyl (C=O) groups excluding carboxylic acids is 2. The smallest absolute Gasteiger partial charge is 0.270 e. The van der Waals surface area contributed by atoms with Crippen LogP contribution in [0.4, 0.5) is 5.69 Å². The van der Waals surface area contributed by atoms with Gasteiger partial charge in [-0.3, -0.25) is 14.6 Å². The largest absolute Gasteiger partial charge is 0.389 e. The average Bonchev–Trinajstić information content (AvgIpc) is 2.77. The molecule has 0 bridgehead atoms. The Morgan fingerprint density at radius 3 is 2.70 bits per heavy atom. The summed E-state index contributed by atoms with van der Waals surface area (Å²) in [4.78, 5) is 31.2. The van der Waals surface area contributed by atoms with Crippen LogP contribution in [0.15, 0.2) is 29.6 Å². The first-order valence-corrected chi connectivity index (χ1v) is 7.61. The van der Waals surface area contributed by atoms with Gasteiger partial charge in [0.25, 0.3) is 5.91 Å². The van der Waals surface area contributed by atoms with Gasteiger partial charge < -0.3 is 14.9 Å². The molecule has 0 aromatic carbocycles. The van der Waals surface area contributed by atoms with E-state index in [1.54, 1.807) is 17.3 Å². The topological polar surface area (TPSA) is 98.1 Å². The minimum absolute atomic E-state index is 0.179. The van der Waals surface area contributed by atoms with E-state index in [-0.39, 0.29) is 24.8 Å². The summed E-state index contributed by atoms with van der Waals surface area (Å²) in [7, 11) is 0. The quantitative estimate of drug-likeness (QED) is 0.756. The third kappa shape index (κ3) is 3.65. The number of aliphatic hydroxyl groups is 1. The van der Waals surface area contributed by atoms with Gasteiger partial charge in [0.2, 0.25) is 5.91 Å². The number of carbonyl (C=O) groups is 2. The number of aromatic nitrogens is 1. The fourth-order valence-electron chi connectivity index (χ4n) is 2.78. The number of β-amino-alcohol motifs (C(OH)–C–C–N with tert-alkyl or cyclic N) is 1. The van der Waals surface area contributed by atoms with Gasteiger partial charge in [-0.25, -0.2) is 5.43 Å². The number of aliphatic hydroxyl groups excluding tert-OH is 1. The molecule has 1 aromatic heterocycles. The molecule has 3 rings (SSSR count). The molecule has 2 aliphatic rings. The summed E-state index contributed by atoms with van der Waals surface area (Å²) >= 11 is 0. The van der Waals surface area contributed by atoms with Crippen LogP contribution in [-0.4, -0.2) is 64.8 Å². The van der Waals surface area contributed by atoms with Crippen LogP contribution in [0.2, 0.25) is 0 Å². The van der Waals surface area contributed by atoms with E-state index in [2.05, 4.69) is 15.5 Å². The Kier molecular flexibility index (Phi) is 4.52. The Morgan fingerprint density at radius 2 is 2.00 bits per heavy atom. The molecule has 0 radical (unpaired) electrons. The molecule has 0 spiro atoms. The van der Waals surface area contributed by atoms with Crippen molar-refractivity contribution in [2.45, 2.75) is 18.9 Å². The van der Waals surface area contributed by atoms with Gasteiger partial charge in [-0.1, -0.05) is 0 Å². The number of amides is 2. The Labute approximate surface area is 133 Å². The van der Waals surface area contributed by atoms with Crippen LogP contribution in [0, 0.1) is 0 Å². The van der Waals surface area contributed by atoms with Crippen LogP contribution >= 0.6 is 0 Å². The highest BCUT2D eigenvalue weighted by molar-refractivity contribution is 6.39. The van der Waals surface area contributed by atoms with E-state index >= 15 is 0 Å². The molecule has 2 amide bonds. The van der Waals surface area contributed by atoms with Crippen LogP contribution in [0.25, 0.3) is 0 Å². The van der Waals surface area contributed by atoms with Crippen LogP contribution in [0.5, 0.6) is 0 Å². The summed E-state index contributed by atoms with van der Waals surface area (Å²) in [5.41, 5.74) is 3.65. The Morgan fingerprint density at radius 1 is 1.22 bits per heavy atom. The number of nitrogens with one attached hydrogen (secondary N) is 1. The lowest BCUT2D eigenvalue weighted by atomic mass is 10.1. The van der Waals surface area contributed by atoms with Crippen molar-refractivity contribution in [1.82, 2.24) is 15.3 Å². The van der Waals surface area contributed by atoms with E-state index in [4.69, 9.17) is 0 Å². The third-order valence-corrected chi connectivity index (χ3v) is 3.97. The number of anilines is 1. The molecule has 3 heterocycles. The Hall–Kier alpha value is -2.48. The van der Waals surface area contributed by atoms with Crippen molar-refractivity contribution >= 4 is 23.2 Å². The predicted octanol–water partition coefficient (Wildman–Crippen LogP) is -0.643. The molecule has 2 aliphatic heterocycles. The minimum atomic E-state index is -0.645. The van der Waals surface area contributed by atoms with Crippen LogP contribution < -0.4 is 10.3 Å². The molecule has 0 saturated carbocycles. The van der Waals surface area contributed by atoms with Gasteiger partial charge in [-0.05, 0) is 12.1 Å². The predicted molar refractivity (Wildman–Crippen MR) is 83.8 cm³/mol. The van der Waals surface area contributed by atoms with E-state index < -0.39 is 6.10 Å². The molecule has 8 nitrogen and oxygen atoms in total. The molecular weight excluding hydrogens is 298 g/mol. The van der Waals surface area contributed by atoms with Crippen molar-refractivity contribution in [2.75, 3.05) is 31.1 Å². The zero-order valence-electron chi connectivity index (χ0n) is 12.7. The molecule has 1 fully saturated rings. The minimum Gasteiger partial charge on any atom is -0.389 e. The van der Waals surface area contributed by atoms with Crippen LogP contribution in [0.1, 0.15) is 12.8 Å². The summed E-state index contributed by atoms with van der Waals surface area (Å²) in [6.07, 6.45) is 3.37. The van der Waals surface area contributed by atoms with E-state index in [1.165, 1.54) is 0 Å². The number of rotatable bonds is 2. The third-order valence-electron chi connectivity index (χ3n) is 3.97. The summed E-state index contributed by atoms with van der Waals surface area (Å²) in [6.45, 7) is 1.82. The number of hydrogen-bond acceptors (Lipinski definition) is 6. The van der Waals surface area contributed by atoms with E-state index in [0.717, 1.165) is 5.69 Å². The van der Waals surface area contributed by atoms with Crippen molar-refractivity contribution < 1.29 is 14.7 Å². The molecule has 2 N–H and O–H groups in total. The van der Waals surface area contributed by atoms with Crippen molar-refractivity contribution in [1.29, 1.82) is 0 Å². The molecule has 1 aromatic rings. The molecule has 0 unspecified atom stereocenters. The van der Waals surface area contributed by atoms with E-state index in [1.807, 2.05) is 17.0 Å². The standard InChI is InChI=1S/C15H19N5O3/c21-12-9-19(11-3-5-16-6-4-11)7-8-20(10-12)15(23)13-1-2-14(22)18-17-13/h3-6,12,21H,1-2,7-10H2,(H,18,22)/t12-/m1/s1. The molecular formula is C15H19N5O3. The van der Waals surface area contributed by atoms with Crippen LogP contribution in [0.3, 0.4) is 0 Å². The lowest BCUT2D eigenvalue weighted by Crippen LogP contribution is -2.43. The first-order valence-electron chi connectivity index (χ1n) is 7.61. The second-order valence-electron chi connectivity index (χ2n) is 5.65. The maximum absolute atomic E-state index is 12.5. The van der Waals surface area contributed by atoms with Crippen LogP contribution in [-0.2, 0) is 9.59 Å². The average molecular weight is 317 g/mol. The fourth-order valence-corrected chi connectivity index (χ4v) is 2.78. The van der Waals surface area contributed by atoms with Gasteiger partial charge >= 0.3 is 0 Å². The fraction of sp³-hybridized carbons (Fsp3) is 0.467. The Balaban J connectivity index is 1.69. The van der Waals surface area contributed by atoms with Gasteiger partial charge in [-0.15, -0.1) is 0 Å². The second kappa shape index (κ2) is 6.74. The maximum Gasteiger partial charge on any atom is 0.270 e. The molecule has 122 valence electrons. The van der Waals surface area contributed by atoms with E-state index in [9.17, 15) is 14.7 Å². The monoisotopic (exact) mass is 317 g/mol. The van der Waals surface area contributed by atoms with Crippen molar-refractivity contribution in [2.24, 2.45) is 5.10 Å². The molecule has 8 heteroatoms. The summed E-state index contributed by atoms with van der Waals surface area (Å²) in [5, 5.41) is 14.1. The number of hydrazone groups is 1.